The van der Waals surface area contributed by atoms with Crippen LogP contribution in [-0.2, 0) is 16.0 Å². The molecule has 9 heteroatoms. The summed E-state index contributed by atoms with van der Waals surface area (Å²) in [5.41, 5.74) is 6.37. The monoisotopic (exact) mass is 598 g/mol. The van der Waals surface area contributed by atoms with Crippen LogP contribution in [0, 0.1) is 0 Å². The molecule has 0 bridgehead atoms. The lowest BCUT2D eigenvalue weighted by atomic mass is 9.83. The van der Waals surface area contributed by atoms with Crippen molar-refractivity contribution < 1.29 is 19.0 Å². The van der Waals surface area contributed by atoms with Gasteiger partial charge in [0, 0.05) is 10.5 Å². The van der Waals surface area contributed by atoms with Gasteiger partial charge in [-0.25, -0.2) is 9.79 Å². The Hall–Kier alpha value is -4.08. The van der Waals surface area contributed by atoms with E-state index >= 15 is 0 Å². The second-order valence-corrected chi connectivity index (χ2v) is 11.8. The Labute approximate surface area is 251 Å². The van der Waals surface area contributed by atoms with E-state index in [1.807, 2.05) is 29.7 Å². The number of rotatable bonds is 8. The molecule has 0 spiro atoms. The smallest absolute Gasteiger partial charge is 0.343 e. The van der Waals surface area contributed by atoms with Gasteiger partial charge in [0.05, 0.1) is 30.0 Å². The normalized spacial score (nSPS) is 15.8. The Kier molecular flexibility index (Phi) is 8.04. The van der Waals surface area contributed by atoms with Crippen LogP contribution in [0.25, 0.3) is 11.8 Å². The summed E-state index contributed by atoms with van der Waals surface area (Å²) in [5, 5.41) is 0. The molecule has 0 N–H and O–H groups in total. The molecule has 0 saturated heterocycles. The van der Waals surface area contributed by atoms with Crippen molar-refractivity contribution in [2.75, 3.05) is 26.6 Å². The highest BCUT2D eigenvalue weighted by Gasteiger charge is 2.32. The van der Waals surface area contributed by atoms with Gasteiger partial charge in [-0.05, 0) is 78.6 Å². The predicted octanol–water partition coefficient (Wildman–Crippen LogP) is 4.99. The van der Waals surface area contributed by atoms with Crippen LogP contribution in [0.2, 0.25) is 0 Å². The first kappa shape index (κ1) is 28.1. The molecule has 7 nitrogen and oxygen atoms in total. The SMILES string of the molecule is CCOc1cc(C=c2sc3n(c2=O)C(c2ccc(SC)cc2)C2=C(N=3)c3ccccc3CC2)ccc1OCC(=O)OC. The Morgan fingerprint density at radius 2 is 1.88 bits per heavy atom. The van der Waals surface area contributed by atoms with Crippen molar-refractivity contribution in [3.05, 3.63) is 114 Å². The summed E-state index contributed by atoms with van der Waals surface area (Å²) in [4.78, 5) is 32.6. The molecule has 2 aliphatic rings. The number of esters is 1. The molecule has 1 atom stereocenters. The summed E-state index contributed by atoms with van der Waals surface area (Å²) in [7, 11) is 1.31. The number of aryl methyl sites for hydroxylation is 1. The summed E-state index contributed by atoms with van der Waals surface area (Å²) in [6.45, 7) is 2.07. The van der Waals surface area contributed by atoms with Crippen molar-refractivity contribution in [2.24, 2.45) is 4.99 Å². The Balaban J connectivity index is 1.48. The number of thioether (sulfide) groups is 1. The molecule has 6 rings (SSSR count). The van der Waals surface area contributed by atoms with Crippen LogP contribution in [0.4, 0.5) is 0 Å². The van der Waals surface area contributed by atoms with Crippen LogP contribution >= 0.6 is 23.1 Å². The Bertz CT molecular complexity index is 1870. The molecule has 3 aromatic carbocycles. The molecule has 0 saturated carbocycles. The second-order valence-electron chi connectivity index (χ2n) is 9.89. The van der Waals surface area contributed by atoms with Crippen molar-refractivity contribution >= 4 is 40.8 Å². The topological polar surface area (TPSA) is 79.1 Å². The molecular weight excluding hydrogens is 569 g/mol. The minimum Gasteiger partial charge on any atom is -0.490 e. The number of carbonyl (C=O) groups excluding carboxylic acids is 1. The van der Waals surface area contributed by atoms with Crippen molar-refractivity contribution in [3.63, 3.8) is 0 Å². The average Bonchev–Trinajstić information content (AvgIpc) is 3.33. The summed E-state index contributed by atoms with van der Waals surface area (Å²) < 4.78 is 18.5. The number of allylic oxidation sites excluding steroid dienone is 1. The number of hydrogen-bond acceptors (Lipinski definition) is 8. The highest BCUT2D eigenvalue weighted by atomic mass is 32.2. The molecule has 1 unspecified atom stereocenters. The van der Waals surface area contributed by atoms with E-state index in [-0.39, 0.29) is 18.2 Å². The zero-order valence-corrected chi connectivity index (χ0v) is 25.2. The highest BCUT2D eigenvalue weighted by Crippen LogP contribution is 2.41. The molecule has 0 fully saturated rings. The van der Waals surface area contributed by atoms with Crippen molar-refractivity contribution in [1.29, 1.82) is 0 Å². The van der Waals surface area contributed by atoms with Gasteiger partial charge in [0.1, 0.15) is 0 Å². The summed E-state index contributed by atoms with van der Waals surface area (Å²) in [6, 6.07) is 22.1. The summed E-state index contributed by atoms with van der Waals surface area (Å²) >= 11 is 3.09. The van der Waals surface area contributed by atoms with Gasteiger partial charge in [0.15, 0.2) is 22.9 Å². The number of hydrogen-bond donors (Lipinski definition) is 0. The standard InChI is InChI=1S/C33H30N2O5S2/c1-4-39-27-17-20(9-16-26(27)40-19-29(36)38-2)18-28-32(37)35-31(22-10-13-23(41-3)14-11-22)25-15-12-21-7-5-6-8-24(21)30(25)34-33(35)42-28/h5-11,13-14,16-18,31H,4,12,15,19H2,1-3H3. The number of ether oxygens (including phenoxy) is 3. The zero-order valence-electron chi connectivity index (χ0n) is 23.6. The van der Waals surface area contributed by atoms with Gasteiger partial charge < -0.3 is 14.2 Å². The fraction of sp³-hybridized carbons (Fsp3) is 0.242. The first-order valence-electron chi connectivity index (χ1n) is 13.7. The fourth-order valence-electron chi connectivity index (χ4n) is 5.46. The zero-order chi connectivity index (χ0) is 29.2. The van der Waals surface area contributed by atoms with E-state index in [1.54, 1.807) is 17.8 Å². The van der Waals surface area contributed by atoms with E-state index in [1.165, 1.54) is 34.5 Å². The number of methoxy groups -OCH3 is 1. The Morgan fingerprint density at radius 3 is 2.64 bits per heavy atom. The minimum absolute atomic E-state index is 0.0768. The molecule has 214 valence electrons. The van der Waals surface area contributed by atoms with Gasteiger partial charge in [-0.15, -0.1) is 11.8 Å². The average molecular weight is 599 g/mol. The van der Waals surface area contributed by atoms with Crippen LogP contribution in [0.3, 0.4) is 0 Å². The van der Waals surface area contributed by atoms with E-state index in [0.29, 0.717) is 27.4 Å². The first-order valence-corrected chi connectivity index (χ1v) is 15.8. The van der Waals surface area contributed by atoms with Crippen molar-refractivity contribution in [2.45, 2.75) is 30.7 Å². The lowest BCUT2D eigenvalue weighted by molar-refractivity contribution is -0.142. The third kappa shape index (κ3) is 5.30. The third-order valence-electron chi connectivity index (χ3n) is 7.44. The van der Waals surface area contributed by atoms with E-state index in [9.17, 15) is 9.59 Å². The Morgan fingerprint density at radius 1 is 1.07 bits per heavy atom. The maximum atomic E-state index is 14.1. The number of fused-ring (bicyclic) bond motifs is 3. The highest BCUT2D eigenvalue weighted by molar-refractivity contribution is 7.98. The molecule has 4 aromatic rings. The van der Waals surface area contributed by atoms with Gasteiger partial charge in [-0.2, -0.15) is 0 Å². The van der Waals surface area contributed by atoms with Gasteiger partial charge >= 0.3 is 5.97 Å². The number of nitrogens with zero attached hydrogens (tertiary/aromatic N) is 2. The van der Waals surface area contributed by atoms with Gasteiger partial charge in [-0.1, -0.05) is 53.8 Å². The maximum Gasteiger partial charge on any atom is 0.343 e. The molecule has 0 radical (unpaired) electrons. The fourth-order valence-corrected chi connectivity index (χ4v) is 6.87. The van der Waals surface area contributed by atoms with Gasteiger partial charge in [0.25, 0.3) is 5.56 Å². The quantitative estimate of drug-likeness (QED) is 0.210. The van der Waals surface area contributed by atoms with Crippen LogP contribution in [-0.4, -0.2) is 37.1 Å². The van der Waals surface area contributed by atoms with Gasteiger partial charge in [0.2, 0.25) is 0 Å². The number of carbonyl (C=O) groups is 1. The molecule has 1 aromatic heterocycles. The molecule has 2 heterocycles. The third-order valence-corrected chi connectivity index (χ3v) is 9.17. The molecular formula is C33H30N2O5S2. The maximum absolute atomic E-state index is 14.1. The lowest BCUT2D eigenvalue weighted by Crippen LogP contribution is -2.38. The van der Waals surface area contributed by atoms with E-state index in [2.05, 4.69) is 59.5 Å². The van der Waals surface area contributed by atoms with Crippen LogP contribution < -0.4 is 24.4 Å². The first-order chi connectivity index (χ1) is 20.5. The van der Waals surface area contributed by atoms with Crippen LogP contribution in [0.15, 0.2) is 87.0 Å². The van der Waals surface area contributed by atoms with E-state index in [0.717, 1.165) is 35.2 Å². The van der Waals surface area contributed by atoms with Crippen LogP contribution in [0.1, 0.15) is 41.6 Å². The number of aromatic nitrogens is 1. The molecule has 42 heavy (non-hydrogen) atoms. The van der Waals surface area contributed by atoms with Gasteiger partial charge in [-0.3, -0.25) is 9.36 Å². The minimum atomic E-state index is -0.481. The lowest BCUT2D eigenvalue weighted by Gasteiger charge is -2.30. The number of thiazole rings is 1. The van der Waals surface area contributed by atoms with Crippen molar-refractivity contribution in [3.8, 4) is 11.5 Å². The molecule has 1 aliphatic heterocycles. The van der Waals surface area contributed by atoms with Crippen molar-refractivity contribution in [1.82, 2.24) is 4.57 Å². The van der Waals surface area contributed by atoms with E-state index in [4.69, 9.17) is 14.5 Å². The summed E-state index contributed by atoms with van der Waals surface area (Å²) in [6.07, 6.45) is 5.69. The second kappa shape index (κ2) is 12.0. The largest absolute Gasteiger partial charge is 0.490 e. The van der Waals surface area contributed by atoms with Crippen LogP contribution in [0.5, 0.6) is 11.5 Å². The van der Waals surface area contributed by atoms with E-state index < -0.39 is 5.97 Å². The number of benzene rings is 3. The predicted molar refractivity (Wildman–Crippen MR) is 166 cm³/mol. The molecule has 1 aliphatic carbocycles. The summed E-state index contributed by atoms with van der Waals surface area (Å²) in [5.74, 6) is 0.438. The molecule has 0 amide bonds.